The lowest BCUT2D eigenvalue weighted by Gasteiger charge is -2.36. The van der Waals surface area contributed by atoms with Crippen LogP contribution in [0.3, 0.4) is 0 Å². The van der Waals surface area contributed by atoms with E-state index in [2.05, 4.69) is 0 Å². The Kier molecular flexibility index (Phi) is 2.33. The molecule has 1 aromatic carbocycles. The highest BCUT2D eigenvalue weighted by atomic mass is 19.1. The van der Waals surface area contributed by atoms with Crippen LogP contribution in [0.2, 0.25) is 0 Å². The highest BCUT2D eigenvalue weighted by Gasteiger charge is 2.45. The van der Waals surface area contributed by atoms with Gasteiger partial charge in [-0.15, -0.1) is 0 Å². The SMILES string of the molecule is NC1c2ccc(F)cc2CC12CCC(=O)CC2. The minimum Gasteiger partial charge on any atom is -0.323 e. The minimum absolute atomic E-state index is 0.00400. The van der Waals surface area contributed by atoms with Gasteiger partial charge in [0.05, 0.1) is 0 Å². The molecule has 1 spiro atoms. The predicted molar refractivity (Wildman–Crippen MR) is 62.9 cm³/mol. The van der Waals surface area contributed by atoms with E-state index >= 15 is 0 Å². The molecule has 1 atom stereocenters. The number of benzene rings is 1. The number of rotatable bonds is 0. The molecule has 3 heteroatoms. The predicted octanol–water partition coefficient (Wildman–Crippen LogP) is 2.51. The molecule has 0 saturated heterocycles. The summed E-state index contributed by atoms with van der Waals surface area (Å²) in [7, 11) is 0. The van der Waals surface area contributed by atoms with E-state index < -0.39 is 0 Å². The van der Waals surface area contributed by atoms with E-state index in [1.807, 2.05) is 0 Å². The zero-order chi connectivity index (χ0) is 12.0. The first kappa shape index (κ1) is 10.9. The molecule has 1 saturated carbocycles. The Balaban J connectivity index is 1.95. The van der Waals surface area contributed by atoms with Gasteiger partial charge in [0.1, 0.15) is 11.6 Å². The van der Waals surface area contributed by atoms with Crippen molar-refractivity contribution in [2.75, 3.05) is 0 Å². The Morgan fingerprint density at radius 2 is 2.00 bits per heavy atom. The smallest absolute Gasteiger partial charge is 0.132 e. The van der Waals surface area contributed by atoms with Crippen LogP contribution in [0.4, 0.5) is 4.39 Å². The number of carbonyl (C=O) groups is 1. The van der Waals surface area contributed by atoms with Gasteiger partial charge in [-0.25, -0.2) is 4.39 Å². The molecule has 2 aliphatic rings. The van der Waals surface area contributed by atoms with Gasteiger partial charge < -0.3 is 5.73 Å². The lowest BCUT2D eigenvalue weighted by molar-refractivity contribution is -0.122. The Morgan fingerprint density at radius 1 is 1.29 bits per heavy atom. The van der Waals surface area contributed by atoms with Crippen LogP contribution in [0, 0.1) is 11.2 Å². The summed E-state index contributed by atoms with van der Waals surface area (Å²) < 4.78 is 13.2. The highest BCUT2D eigenvalue weighted by molar-refractivity contribution is 5.79. The third-order valence-corrected chi connectivity index (χ3v) is 4.45. The number of ketones is 1. The number of nitrogens with two attached hydrogens (primary N) is 1. The van der Waals surface area contributed by atoms with Crippen LogP contribution >= 0.6 is 0 Å². The van der Waals surface area contributed by atoms with Gasteiger partial charge in [-0.2, -0.15) is 0 Å². The summed E-state index contributed by atoms with van der Waals surface area (Å²) in [6.45, 7) is 0. The van der Waals surface area contributed by atoms with Gasteiger partial charge in [0.25, 0.3) is 0 Å². The quantitative estimate of drug-likeness (QED) is 0.748. The Morgan fingerprint density at radius 3 is 2.71 bits per heavy atom. The molecule has 0 aliphatic heterocycles. The van der Waals surface area contributed by atoms with E-state index in [1.165, 1.54) is 6.07 Å². The molecule has 0 radical (unpaired) electrons. The molecule has 2 nitrogen and oxygen atoms in total. The van der Waals surface area contributed by atoms with E-state index in [9.17, 15) is 9.18 Å². The molecule has 2 aliphatic carbocycles. The molecule has 2 N–H and O–H groups in total. The molecule has 1 fully saturated rings. The molecular formula is C14H16FNO. The fraction of sp³-hybridized carbons (Fsp3) is 0.500. The van der Waals surface area contributed by atoms with Gasteiger partial charge >= 0.3 is 0 Å². The number of carbonyl (C=O) groups excluding carboxylic acids is 1. The van der Waals surface area contributed by atoms with Crippen LogP contribution in [0.15, 0.2) is 18.2 Å². The monoisotopic (exact) mass is 233 g/mol. The van der Waals surface area contributed by atoms with Crippen LogP contribution in [-0.4, -0.2) is 5.78 Å². The molecule has 0 amide bonds. The number of Topliss-reactive ketones (excluding diaryl/α,β-unsaturated/α-hetero) is 1. The van der Waals surface area contributed by atoms with Crippen LogP contribution in [0.5, 0.6) is 0 Å². The Hall–Kier alpha value is -1.22. The maximum atomic E-state index is 13.2. The van der Waals surface area contributed by atoms with Gasteiger partial charge in [0.2, 0.25) is 0 Å². The standard InChI is InChI=1S/C14H16FNO/c15-10-1-2-12-9(7-10)8-14(13(12)16)5-3-11(17)4-6-14/h1-2,7,13H,3-6,8,16H2. The van der Waals surface area contributed by atoms with Crippen LogP contribution < -0.4 is 5.73 Å². The lowest BCUT2D eigenvalue weighted by atomic mass is 9.69. The summed E-state index contributed by atoms with van der Waals surface area (Å²) in [6.07, 6.45) is 3.79. The van der Waals surface area contributed by atoms with Crippen molar-refractivity contribution in [1.82, 2.24) is 0 Å². The van der Waals surface area contributed by atoms with Crippen molar-refractivity contribution < 1.29 is 9.18 Å². The molecular weight excluding hydrogens is 217 g/mol. The zero-order valence-electron chi connectivity index (χ0n) is 9.71. The second-order valence-electron chi connectivity index (χ2n) is 5.40. The van der Waals surface area contributed by atoms with Crippen molar-refractivity contribution in [3.63, 3.8) is 0 Å². The van der Waals surface area contributed by atoms with Crippen LogP contribution in [-0.2, 0) is 11.2 Å². The van der Waals surface area contributed by atoms with Crippen LogP contribution in [0.25, 0.3) is 0 Å². The van der Waals surface area contributed by atoms with Crippen molar-refractivity contribution in [3.8, 4) is 0 Å². The number of hydrogen-bond acceptors (Lipinski definition) is 2. The van der Waals surface area contributed by atoms with Gasteiger partial charge in [-0.1, -0.05) is 6.07 Å². The molecule has 90 valence electrons. The zero-order valence-corrected chi connectivity index (χ0v) is 9.71. The third kappa shape index (κ3) is 1.61. The fourth-order valence-electron chi connectivity index (χ4n) is 3.36. The number of halogens is 1. The van der Waals surface area contributed by atoms with E-state index in [1.54, 1.807) is 12.1 Å². The van der Waals surface area contributed by atoms with E-state index in [0.29, 0.717) is 18.6 Å². The van der Waals surface area contributed by atoms with Crippen molar-refractivity contribution in [2.45, 2.75) is 38.1 Å². The first-order valence-electron chi connectivity index (χ1n) is 6.16. The molecule has 1 unspecified atom stereocenters. The summed E-state index contributed by atoms with van der Waals surface area (Å²) in [5, 5.41) is 0. The Bertz CT molecular complexity index is 473. The average molecular weight is 233 g/mol. The first-order chi connectivity index (χ1) is 8.11. The minimum atomic E-state index is -0.195. The third-order valence-electron chi connectivity index (χ3n) is 4.45. The van der Waals surface area contributed by atoms with Crippen molar-refractivity contribution >= 4 is 5.78 Å². The van der Waals surface area contributed by atoms with Crippen molar-refractivity contribution in [1.29, 1.82) is 0 Å². The lowest BCUT2D eigenvalue weighted by Crippen LogP contribution is -2.35. The van der Waals surface area contributed by atoms with Crippen molar-refractivity contribution in [3.05, 3.63) is 35.1 Å². The highest BCUT2D eigenvalue weighted by Crippen LogP contribution is 2.52. The van der Waals surface area contributed by atoms with E-state index in [0.717, 1.165) is 30.4 Å². The molecule has 0 aromatic heterocycles. The van der Waals surface area contributed by atoms with Gasteiger partial charge in [-0.3, -0.25) is 4.79 Å². The topological polar surface area (TPSA) is 43.1 Å². The molecule has 0 heterocycles. The molecule has 1 aromatic rings. The molecule has 3 rings (SSSR count). The average Bonchev–Trinajstić information content (AvgIpc) is 2.57. The van der Waals surface area contributed by atoms with Gasteiger partial charge in [0.15, 0.2) is 0 Å². The summed E-state index contributed by atoms with van der Waals surface area (Å²) in [4.78, 5) is 11.3. The summed E-state index contributed by atoms with van der Waals surface area (Å²) in [5.41, 5.74) is 8.43. The normalized spacial score (nSPS) is 26.2. The van der Waals surface area contributed by atoms with Crippen molar-refractivity contribution in [2.24, 2.45) is 11.1 Å². The maximum Gasteiger partial charge on any atom is 0.132 e. The molecule has 17 heavy (non-hydrogen) atoms. The summed E-state index contributed by atoms with van der Waals surface area (Å²) >= 11 is 0. The maximum absolute atomic E-state index is 13.2. The van der Waals surface area contributed by atoms with E-state index in [-0.39, 0.29) is 17.3 Å². The molecule has 0 bridgehead atoms. The van der Waals surface area contributed by atoms with Gasteiger partial charge in [-0.05, 0) is 47.9 Å². The summed E-state index contributed by atoms with van der Waals surface area (Å²) in [5.74, 6) is 0.143. The second-order valence-corrected chi connectivity index (χ2v) is 5.40. The largest absolute Gasteiger partial charge is 0.323 e. The fourth-order valence-corrected chi connectivity index (χ4v) is 3.36. The Labute approximate surface area is 100 Å². The van der Waals surface area contributed by atoms with Gasteiger partial charge in [0, 0.05) is 18.9 Å². The summed E-state index contributed by atoms with van der Waals surface area (Å²) in [6, 6.07) is 4.85. The van der Waals surface area contributed by atoms with Crippen LogP contribution in [0.1, 0.15) is 42.9 Å². The second kappa shape index (κ2) is 3.64. The first-order valence-corrected chi connectivity index (χ1v) is 6.16. The number of fused-ring (bicyclic) bond motifs is 1. The number of hydrogen-bond donors (Lipinski definition) is 1. The van der Waals surface area contributed by atoms with E-state index in [4.69, 9.17) is 5.73 Å².